The van der Waals surface area contributed by atoms with Gasteiger partial charge < -0.3 is 14.9 Å². The zero-order chi connectivity index (χ0) is 12.1. The molecule has 0 radical (unpaired) electrons. The van der Waals surface area contributed by atoms with Gasteiger partial charge in [0.15, 0.2) is 0 Å². The summed E-state index contributed by atoms with van der Waals surface area (Å²) in [5.74, 6) is -0.854. The van der Waals surface area contributed by atoms with Gasteiger partial charge in [0.2, 0.25) is 0 Å². The molecule has 0 bridgehead atoms. The van der Waals surface area contributed by atoms with E-state index >= 15 is 0 Å². The molecule has 5 heteroatoms. The molecule has 0 aromatic rings. The quantitative estimate of drug-likeness (QED) is 0.747. The largest absolute Gasteiger partial charge is 0.481 e. The monoisotopic (exact) mass is 228 g/mol. The van der Waals surface area contributed by atoms with Crippen molar-refractivity contribution < 1.29 is 14.7 Å². The van der Waals surface area contributed by atoms with E-state index in [4.69, 9.17) is 5.11 Å². The molecule has 1 heterocycles. The molecule has 2 amide bonds. The fourth-order valence-corrected chi connectivity index (χ4v) is 1.93. The third kappa shape index (κ3) is 3.12. The van der Waals surface area contributed by atoms with E-state index in [1.54, 1.807) is 11.8 Å². The summed E-state index contributed by atoms with van der Waals surface area (Å²) in [6.45, 7) is 6.03. The predicted molar refractivity (Wildman–Crippen MR) is 60.3 cm³/mol. The Morgan fingerprint density at radius 1 is 1.50 bits per heavy atom. The van der Waals surface area contributed by atoms with Gasteiger partial charge in [-0.3, -0.25) is 4.79 Å². The van der Waals surface area contributed by atoms with E-state index in [9.17, 15) is 9.59 Å². The van der Waals surface area contributed by atoms with E-state index in [-0.39, 0.29) is 18.5 Å². The summed E-state index contributed by atoms with van der Waals surface area (Å²) in [6.07, 6.45) is 2.09. The second kappa shape index (κ2) is 5.72. The molecule has 1 fully saturated rings. The second-order valence-corrected chi connectivity index (χ2v) is 4.26. The number of carboxylic acids is 1. The van der Waals surface area contributed by atoms with Gasteiger partial charge >= 0.3 is 12.0 Å². The zero-order valence-corrected chi connectivity index (χ0v) is 9.98. The van der Waals surface area contributed by atoms with E-state index in [2.05, 4.69) is 6.92 Å². The van der Waals surface area contributed by atoms with Crippen molar-refractivity contribution in [2.75, 3.05) is 19.6 Å². The number of carbonyl (C=O) groups excluding carboxylic acids is 1. The number of hydrogen-bond acceptors (Lipinski definition) is 2. The summed E-state index contributed by atoms with van der Waals surface area (Å²) in [5.41, 5.74) is 0. The Bertz CT molecular complexity index is 268. The van der Waals surface area contributed by atoms with Crippen molar-refractivity contribution in [3.05, 3.63) is 0 Å². The predicted octanol–water partition coefficient (Wildman–Crippen LogP) is 1.39. The number of urea groups is 1. The lowest BCUT2D eigenvalue weighted by Gasteiger charge is -2.23. The highest BCUT2D eigenvalue weighted by Crippen LogP contribution is 2.15. The molecule has 1 N–H and O–H groups in total. The normalized spacial score (nSPS) is 18.0. The lowest BCUT2D eigenvalue weighted by atomic mass is 10.2. The van der Waals surface area contributed by atoms with Crippen LogP contribution in [0, 0.1) is 0 Å². The standard InChI is InChI=1S/C11H20N2O3/c1-3-4-5-12-6-7-13(11(12)16)9(2)8-10(14)15/h9H,3-8H2,1-2H3,(H,14,15)/t9-/m1/s1. The number of hydrogen-bond donors (Lipinski definition) is 1. The van der Waals surface area contributed by atoms with Gasteiger partial charge in [-0.1, -0.05) is 13.3 Å². The molecule has 92 valence electrons. The smallest absolute Gasteiger partial charge is 0.320 e. The third-order valence-electron chi connectivity index (χ3n) is 2.91. The van der Waals surface area contributed by atoms with E-state index in [0.717, 1.165) is 25.9 Å². The van der Waals surface area contributed by atoms with Gasteiger partial charge in [0.1, 0.15) is 0 Å². The molecule has 1 atom stereocenters. The van der Waals surface area contributed by atoms with Crippen LogP contribution in [0.2, 0.25) is 0 Å². The Hall–Kier alpha value is -1.26. The van der Waals surface area contributed by atoms with Crippen molar-refractivity contribution in [1.29, 1.82) is 0 Å². The molecule has 5 nitrogen and oxygen atoms in total. The van der Waals surface area contributed by atoms with Crippen molar-refractivity contribution >= 4 is 12.0 Å². The Kier molecular flexibility index (Phi) is 4.58. The lowest BCUT2D eigenvalue weighted by molar-refractivity contribution is -0.137. The van der Waals surface area contributed by atoms with Crippen LogP contribution in [-0.2, 0) is 4.79 Å². The minimum atomic E-state index is -0.854. The summed E-state index contributed by atoms with van der Waals surface area (Å²) in [7, 11) is 0. The minimum Gasteiger partial charge on any atom is -0.481 e. The first-order valence-corrected chi connectivity index (χ1v) is 5.83. The summed E-state index contributed by atoms with van der Waals surface area (Å²) < 4.78 is 0. The SMILES string of the molecule is CCCCN1CCN([C@H](C)CC(=O)O)C1=O. The van der Waals surface area contributed by atoms with Crippen molar-refractivity contribution in [3.63, 3.8) is 0 Å². The topological polar surface area (TPSA) is 60.9 Å². The van der Waals surface area contributed by atoms with Gasteiger partial charge in [0, 0.05) is 25.7 Å². The molecule has 1 aliphatic rings. The minimum absolute atomic E-state index is 0.0119. The Morgan fingerprint density at radius 2 is 2.19 bits per heavy atom. The number of carboxylic acid groups (broad SMARTS) is 1. The van der Waals surface area contributed by atoms with Crippen LogP contribution in [0.25, 0.3) is 0 Å². The maximum Gasteiger partial charge on any atom is 0.320 e. The number of nitrogens with zero attached hydrogens (tertiary/aromatic N) is 2. The van der Waals surface area contributed by atoms with E-state index in [0.29, 0.717) is 6.54 Å². The van der Waals surface area contributed by atoms with Crippen LogP contribution in [0.15, 0.2) is 0 Å². The number of carbonyl (C=O) groups is 2. The van der Waals surface area contributed by atoms with Crippen LogP contribution in [0.3, 0.4) is 0 Å². The molecule has 1 saturated heterocycles. The molecule has 1 rings (SSSR count). The molecule has 0 aromatic carbocycles. The molecule has 0 spiro atoms. The van der Waals surface area contributed by atoms with Crippen LogP contribution < -0.4 is 0 Å². The van der Waals surface area contributed by atoms with E-state index in [1.165, 1.54) is 0 Å². The van der Waals surface area contributed by atoms with Gasteiger partial charge in [0.05, 0.1) is 6.42 Å². The summed E-state index contributed by atoms with van der Waals surface area (Å²) in [6, 6.07) is -0.223. The molecule has 0 aromatic heterocycles. The molecular formula is C11H20N2O3. The van der Waals surface area contributed by atoms with Crippen LogP contribution in [0.4, 0.5) is 4.79 Å². The Morgan fingerprint density at radius 3 is 2.75 bits per heavy atom. The highest BCUT2D eigenvalue weighted by molar-refractivity contribution is 5.78. The highest BCUT2D eigenvalue weighted by Gasteiger charge is 2.31. The van der Waals surface area contributed by atoms with E-state index < -0.39 is 5.97 Å². The van der Waals surface area contributed by atoms with Crippen LogP contribution >= 0.6 is 0 Å². The van der Waals surface area contributed by atoms with Gasteiger partial charge in [-0.2, -0.15) is 0 Å². The second-order valence-electron chi connectivity index (χ2n) is 4.26. The summed E-state index contributed by atoms with van der Waals surface area (Å²) >= 11 is 0. The lowest BCUT2D eigenvalue weighted by Crippen LogP contribution is -2.39. The average Bonchev–Trinajstić information content (AvgIpc) is 2.56. The number of amides is 2. The van der Waals surface area contributed by atoms with Crippen LogP contribution in [0.1, 0.15) is 33.1 Å². The maximum absolute atomic E-state index is 11.9. The fourth-order valence-electron chi connectivity index (χ4n) is 1.93. The first-order chi connectivity index (χ1) is 7.56. The van der Waals surface area contributed by atoms with Crippen molar-refractivity contribution in [3.8, 4) is 0 Å². The fraction of sp³-hybridized carbons (Fsp3) is 0.818. The summed E-state index contributed by atoms with van der Waals surface area (Å²) in [4.78, 5) is 25.9. The highest BCUT2D eigenvalue weighted by atomic mass is 16.4. The first kappa shape index (κ1) is 12.8. The Labute approximate surface area is 96.0 Å². The van der Waals surface area contributed by atoms with E-state index in [1.807, 2.05) is 4.90 Å². The van der Waals surface area contributed by atoms with Gasteiger partial charge in [-0.05, 0) is 13.3 Å². The van der Waals surface area contributed by atoms with Gasteiger partial charge in [-0.15, -0.1) is 0 Å². The number of aliphatic carboxylic acids is 1. The van der Waals surface area contributed by atoms with Gasteiger partial charge in [0.25, 0.3) is 0 Å². The van der Waals surface area contributed by atoms with Crippen molar-refractivity contribution in [2.24, 2.45) is 0 Å². The molecule has 1 aliphatic heterocycles. The summed E-state index contributed by atoms with van der Waals surface area (Å²) in [5, 5.41) is 8.69. The number of rotatable bonds is 6. The van der Waals surface area contributed by atoms with Crippen molar-refractivity contribution in [2.45, 2.75) is 39.2 Å². The first-order valence-electron chi connectivity index (χ1n) is 5.83. The van der Waals surface area contributed by atoms with Crippen LogP contribution in [0.5, 0.6) is 0 Å². The molecule has 0 saturated carbocycles. The molecule has 0 aliphatic carbocycles. The maximum atomic E-state index is 11.9. The average molecular weight is 228 g/mol. The number of unbranched alkanes of at least 4 members (excludes halogenated alkanes) is 1. The Balaban J connectivity index is 2.46. The zero-order valence-electron chi connectivity index (χ0n) is 9.98. The van der Waals surface area contributed by atoms with Crippen LogP contribution in [-0.4, -0.2) is 52.6 Å². The molecule has 0 unspecified atom stereocenters. The van der Waals surface area contributed by atoms with Gasteiger partial charge in [-0.25, -0.2) is 4.79 Å². The third-order valence-corrected chi connectivity index (χ3v) is 2.91. The molecular weight excluding hydrogens is 208 g/mol. The van der Waals surface area contributed by atoms with Crippen molar-refractivity contribution in [1.82, 2.24) is 9.80 Å². The molecule has 16 heavy (non-hydrogen) atoms.